The molecule has 1 fully saturated rings. The van der Waals surface area contributed by atoms with Crippen LogP contribution in [0.15, 0.2) is 30.3 Å². The quantitative estimate of drug-likeness (QED) is 0.869. The van der Waals surface area contributed by atoms with Gasteiger partial charge in [-0.15, -0.1) is 0 Å². The molecule has 1 aliphatic heterocycles. The van der Waals surface area contributed by atoms with Crippen LogP contribution in [0.5, 0.6) is 6.01 Å². The van der Waals surface area contributed by atoms with Crippen molar-refractivity contribution in [1.29, 1.82) is 0 Å². The number of anilines is 1. The van der Waals surface area contributed by atoms with Gasteiger partial charge in [0, 0.05) is 13.1 Å². The van der Waals surface area contributed by atoms with E-state index in [1.54, 1.807) is 0 Å². The zero-order valence-corrected chi connectivity index (χ0v) is 12.5. The van der Waals surface area contributed by atoms with Gasteiger partial charge in [0.05, 0.1) is 0 Å². The average molecular weight is 305 g/mol. The van der Waals surface area contributed by atoms with Crippen molar-refractivity contribution in [2.75, 3.05) is 18.0 Å². The van der Waals surface area contributed by atoms with E-state index in [0.29, 0.717) is 12.6 Å². The smallest absolute Gasteiger partial charge is 0.322 e. The van der Waals surface area contributed by atoms with Crippen molar-refractivity contribution in [2.24, 2.45) is 0 Å². The Labute approximate surface area is 129 Å². The third-order valence-electron chi connectivity index (χ3n) is 3.43. The van der Waals surface area contributed by atoms with Crippen LogP contribution in [-0.4, -0.2) is 28.0 Å². The Balaban J connectivity index is 1.71. The summed E-state index contributed by atoms with van der Waals surface area (Å²) in [5.74, 6) is 0.609. The van der Waals surface area contributed by atoms with Crippen molar-refractivity contribution in [1.82, 2.24) is 15.0 Å². The van der Waals surface area contributed by atoms with Crippen molar-refractivity contribution in [3.05, 3.63) is 41.2 Å². The predicted octanol–water partition coefficient (Wildman–Crippen LogP) is 3.09. The lowest BCUT2D eigenvalue weighted by Crippen LogP contribution is -2.31. The van der Waals surface area contributed by atoms with Gasteiger partial charge in [0.1, 0.15) is 6.61 Å². The highest BCUT2D eigenvalue weighted by molar-refractivity contribution is 6.28. The SMILES string of the molecule is Clc1nc(OCc2ccccc2)nc(N2CCCCC2)n1. The molecule has 0 bridgehead atoms. The molecular weight excluding hydrogens is 288 g/mol. The number of halogens is 1. The molecule has 0 saturated carbocycles. The third-order valence-corrected chi connectivity index (χ3v) is 3.59. The van der Waals surface area contributed by atoms with Crippen LogP contribution in [0, 0.1) is 0 Å². The summed E-state index contributed by atoms with van der Waals surface area (Å²) in [7, 11) is 0. The number of hydrogen-bond acceptors (Lipinski definition) is 5. The lowest BCUT2D eigenvalue weighted by molar-refractivity contribution is 0.279. The predicted molar refractivity (Wildman–Crippen MR) is 81.7 cm³/mol. The molecule has 2 heterocycles. The molecule has 0 radical (unpaired) electrons. The molecule has 6 heteroatoms. The van der Waals surface area contributed by atoms with Gasteiger partial charge < -0.3 is 9.64 Å². The number of rotatable bonds is 4. The summed E-state index contributed by atoms with van der Waals surface area (Å²) in [6.07, 6.45) is 3.57. The van der Waals surface area contributed by atoms with Crippen molar-refractivity contribution in [3.63, 3.8) is 0 Å². The lowest BCUT2D eigenvalue weighted by Gasteiger charge is -2.26. The normalized spacial score (nSPS) is 15.0. The maximum Gasteiger partial charge on any atom is 0.322 e. The Morgan fingerprint density at radius 3 is 2.52 bits per heavy atom. The first-order valence-electron chi connectivity index (χ1n) is 7.14. The highest BCUT2D eigenvalue weighted by Gasteiger charge is 2.16. The van der Waals surface area contributed by atoms with Crippen molar-refractivity contribution in [3.8, 4) is 6.01 Å². The van der Waals surface area contributed by atoms with Crippen molar-refractivity contribution >= 4 is 17.5 Å². The van der Waals surface area contributed by atoms with Crippen LogP contribution in [0.2, 0.25) is 5.28 Å². The van der Waals surface area contributed by atoms with Crippen molar-refractivity contribution < 1.29 is 4.74 Å². The summed E-state index contributed by atoms with van der Waals surface area (Å²) in [5.41, 5.74) is 1.06. The van der Waals surface area contributed by atoms with E-state index in [-0.39, 0.29) is 11.3 Å². The van der Waals surface area contributed by atoms with Gasteiger partial charge in [-0.2, -0.15) is 15.0 Å². The summed E-state index contributed by atoms with van der Waals surface area (Å²) < 4.78 is 5.63. The van der Waals surface area contributed by atoms with E-state index < -0.39 is 0 Å². The molecule has 5 nitrogen and oxygen atoms in total. The first-order chi connectivity index (χ1) is 10.3. The van der Waals surface area contributed by atoms with Gasteiger partial charge in [0.25, 0.3) is 0 Å². The fraction of sp³-hybridized carbons (Fsp3) is 0.400. The van der Waals surface area contributed by atoms with E-state index >= 15 is 0 Å². The van der Waals surface area contributed by atoms with Crippen LogP contribution in [0.4, 0.5) is 5.95 Å². The van der Waals surface area contributed by atoms with E-state index in [4.69, 9.17) is 16.3 Å². The highest BCUT2D eigenvalue weighted by atomic mass is 35.5. The number of hydrogen-bond donors (Lipinski definition) is 0. The van der Waals surface area contributed by atoms with Crippen LogP contribution in [-0.2, 0) is 6.61 Å². The molecule has 110 valence electrons. The summed E-state index contributed by atoms with van der Waals surface area (Å²) in [5, 5.41) is 0.175. The first-order valence-corrected chi connectivity index (χ1v) is 7.52. The van der Waals surface area contributed by atoms with E-state index in [1.807, 2.05) is 30.3 Å². The van der Waals surface area contributed by atoms with Crippen LogP contribution < -0.4 is 9.64 Å². The average Bonchev–Trinajstić information content (AvgIpc) is 2.54. The minimum atomic E-state index is 0.175. The van der Waals surface area contributed by atoms with Gasteiger partial charge in [-0.3, -0.25) is 0 Å². The fourth-order valence-corrected chi connectivity index (χ4v) is 2.49. The summed E-state index contributed by atoms with van der Waals surface area (Å²) in [6.45, 7) is 2.33. The maximum absolute atomic E-state index is 5.98. The number of piperidine rings is 1. The standard InChI is InChI=1S/C15H17ClN4O/c16-13-17-14(20-9-5-2-6-10-20)19-15(18-13)21-11-12-7-3-1-4-8-12/h1,3-4,7-8H,2,5-6,9-11H2. The topological polar surface area (TPSA) is 51.1 Å². The second kappa shape index (κ2) is 6.72. The van der Waals surface area contributed by atoms with Gasteiger partial charge in [-0.1, -0.05) is 30.3 Å². The fourth-order valence-electron chi connectivity index (χ4n) is 2.34. The van der Waals surface area contributed by atoms with Gasteiger partial charge in [0.2, 0.25) is 11.2 Å². The monoisotopic (exact) mass is 304 g/mol. The number of nitrogens with zero attached hydrogens (tertiary/aromatic N) is 4. The maximum atomic E-state index is 5.98. The Kier molecular flexibility index (Phi) is 4.50. The molecule has 0 spiro atoms. The molecular formula is C15H17ClN4O. The zero-order chi connectivity index (χ0) is 14.5. The van der Waals surface area contributed by atoms with Crippen molar-refractivity contribution in [2.45, 2.75) is 25.9 Å². The molecule has 1 aliphatic rings. The Morgan fingerprint density at radius 2 is 1.76 bits per heavy atom. The van der Waals surface area contributed by atoms with Crippen LogP contribution in [0.1, 0.15) is 24.8 Å². The van der Waals surface area contributed by atoms with Gasteiger partial charge in [-0.05, 0) is 36.4 Å². The molecule has 1 saturated heterocycles. The molecule has 1 aromatic carbocycles. The number of ether oxygens (including phenoxy) is 1. The molecule has 0 unspecified atom stereocenters. The van der Waals surface area contributed by atoms with Crippen LogP contribution in [0.3, 0.4) is 0 Å². The lowest BCUT2D eigenvalue weighted by atomic mass is 10.1. The second-order valence-electron chi connectivity index (χ2n) is 5.01. The zero-order valence-electron chi connectivity index (χ0n) is 11.7. The van der Waals surface area contributed by atoms with E-state index in [9.17, 15) is 0 Å². The van der Waals surface area contributed by atoms with E-state index in [1.165, 1.54) is 6.42 Å². The summed E-state index contributed by atoms with van der Waals surface area (Å²) in [6, 6.07) is 10.2. The van der Waals surface area contributed by atoms with E-state index in [2.05, 4.69) is 19.9 Å². The Hall–Kier alpha value is -1.88. The molecule has 21 heavy (non-hydrogen) atoms. The molecule has 0 atom stereocenters. The molecule has 2 aromatic rings. The third kappa shape index (κ3) is 3.82. The van der Waals surface area contributed by atoms with Gasteiger partial charge in [0.15, 0.2) is 0 Å². The molecule has 3 rings (SSSR count). The molecule has 0 amide bonds. The Morgan fingerprint density at radius 1 is 1.00 bits per heavy atom. The molecule has 1 aromatic heterocycles. The number of benzene rings is 1. The second-order valence-corrected chi connectivity index (χ2v) is 5.35. The minimum Gasteiger partial charge on any atom is -0.458 e. The van der Waals surface area contributed by atoms with Gasteiger partial charge >= 0.3 is 6.01 Å². The summed E-state index contributed by atoms with van der Waals surface area (Å²) in [4.78, 5) is 14.7. The minimum absolute atomic E-state index is 0.175. The molecule has 0 aliphatic carbocycles. The highest BCUT2D eigenvalue weighted by Crippen LogP contribution is 2.19. The Bertz CT molecular complexity index is 587. The van der Waals surface area contributed by atoms with Gasteiger partial charge in [-0.25, -0.2) is 0 Å². The van der Waals surface area contributed by atoms with Crippen LogP contribution in [0.25, 0.3) is 0 Å². The number of aromatic nitrogens is 3. The van der Waals surface area contributed by atoms with Crippen LogP contribution >= 0.6 is 11.6 Å². The van der Waals surface area contributed by atoms with E-state index in [0.717, 1.165) is 31.5 Å². The molecule has 0 N–H and O–H groups in total. The largest absolute Gasteiger partial charge is 0.458 e. The summed E-state index contributed by atoms with van der Waals surface area (Å²) >= 11 is 5.98. The first kappa shape index (κ1) is 14.1.